The summed E-state index contributed by atoms with van der Waals surface area (Å²) in [6.45, 7) is -0.0559. The second-order valence-electron chi connectivity index (χ2n) is 6.06. The van der Waals surface area contributed by atoms with Crippen LogP contribution in [0.1, 0.15) is 18.5 Å². The number of carbonyl (C=O) groups excluding carboxylic acids is 1. The Hall–Kier alpha value is -2.47. The van der Waals surface area contributed by atoms with Gasteiger partial charge in [0.15, 0.2) is 6.61 Å². The summed E-state index contributed by atoms with van der Waals surface area (Å²) in [7, 11) is 0. The van der Waals surface area contributed by atoms with Crippen LogP contribution in [-0.2, 0) is 11.2 Å². The van der Waals surface area contributed by atoms with Crippen LogP contribution in [-0.4, -0.2) is 39.7 Å². The van der Waals surface area contributed by atoms with E-state index in [1.54, 1.807) is 30.7 Å². The second-order valence-corrected chi connectivity index (χ2v) is 6.06. The van der Waals surface area contributed by atoms with Crippen LogP contribution >= 0.6 is 0 Å². The van der Waals surface area contributed by atoms with Crippen LogP contribution in [0.3, 0.4) is 0 Å². The highest BCUT2D eigenvalue weighted by molar-refractivity contribution is 5.77. The molecular weight excluding hydrogens is 306 g/mol. The fraction of sp³-hybridized carbons (Fsp3) is 0.389. The number of nitrogens with one attached hydrogen (secondary N) is 1. The van der Waals surface area contributed by atoms with Crippen molar-refractivity contribution in [1.29, 1.82) is 0 Å². The van der Waals surface area contributed by atoms with E-state index >= 15 is 0 Å². The van der Waals surface area contributed by atoms with Gasteiger partial charge in [0.1, 0.15) is 5.75 Å². The smallest absolute Gasteiger partial charge is 0.258 e. The number of ether oxygens (including phenoxy) is 1. The molecule has 1 aliphatic carbocycles. The molecule has 0 bridgehead atoms. The van der Waals surface area contributed by atoms with E-state index in [1.165, 1.54) is 0 Å². The fourth-order valence-corrected chi connectivity index (χ4v) is 2.87. The molecule has 0 unspecified atom stereocenters. The number of aliphatic hydroxyl groups excluding tert-OH is 1. The Morgan fingerprint density at radius 3 is 2.83 bits per heavy atom. The van der Waals surface area contributed by atoms with E-state index in [2.05, 4.69) is 15.3 Å². The molecule has 0 aromatic carbocycles. The highest BCUT2D eigenvalue weighted by atomic mass is 16.5. The molecule has 2 N–H and O–H groups in total. The fourth-order valence-electron chi connectivity index (χ4n) is 2.87. The van der Waals surface area contributed by atoms with Crippen LogP contribution in [0.25, 0.3) is 0 Å². The van der Waals surface area contributed by atoms with Gasteiger partial charge in [0, 0.05) is 30.6 Å². The number of rotatable bonds is 7. The van der Waals surface area contributed by atoms with Crippen molar-refractivity contribution >= 4 is 5.91 Å². The molecule has 1 fully saturated rings. The summed E-state index contributed by atoms with van der Waals surface area (Å²) in [5.74, 6) is 0.651. The maximum atomic E-state index is 12.2. The molecule has 24 heavy (non-hydrogen) atoms. The topological polar surface area (TPSA) is 84.3 Å². The maximum Gasteiger partial charge on any atom is 0.258 e. The zero-order chi connectivity index (χ0) is 16.8. The van der Waals surface area contributed by atoms with Crippen molar-refractivity contribution in [2.75, 3.05) is 6.61 Å². The summed E-state index contributed by atoms with van der Waals surface area (Å²) in [6.07, 6.45) is 6.78. The van der Waals surface area contributed by atoms with Crippen molar-refractivity contribution in [1.82, 2.24) is 15.3 Å². The summed E-state index contributed by atoms with van der Waals surface area (Å²) < 4.78 is 5.43. The third-order valence-electron chi connectivity index (χ3n) is 4.22. The number of aliphatic hydroxyl groups is 1. The molecule has 2 heterocycles. The Bertz CT molecular complexity index is 645. The first-order valence-corrected chi connectivity index (χ1v) is 8.11. The molecule has 1 saturated carbocycles. The molecule has 0 saturated heterocycles. The van der Waals surface area contributed by atoms with Crippen LogP contribution in [0.15, 0.2) is 48.9 Å². The predicted molar refractivity (Wildman–Crippen MR) is 88.3 cm³/mol. The lowest BCUT2D eigenvalue weighted by atomic mass is 9.76. The van der Waals surface area contributed by atoms with Crippen molar-refractivity contribution in [2.45, 2.75) is 31.4 Å². The zero-order valence-electron chi connectivity index (χ0n) is 13.3. The van der Waals surface area contributed by atoms with Gasteiger partial charge in [-0.15, -0.1) is 0 Å². The number of nitrogens with zero attached hydrogens (tertiary/aromatic N) is 2. The van der Waals surface area contributed by atoms with Gasteiger partial charge in [-0.2, -0.15) is 0 Å². The average Bonchev–Trinajstić information content (AvgIpc) is 2.58. The van der Waals surface area contributed by atoms with Crippen LogP contribution < -0.4 is 10.1 Å². The van der Waals surface area contributed by atoms with E-state index in [0.717, 1.165) is 5.69 Å². The Kier molecular flexibility index (Phi) is 5.38. The monoisotopic (exact) mass is 327 g/mol. The Balaban J connectivity index is 1.55. The molecule has 126 valence electrons. The molecule has 6 heteroatoms. The summed E-state index contributed by atoms with van der Waals surface area (Å²) in [5.41, 5.74) is 0.928. The zero-order valence-corrected chi connectivity index (χ0v) is 13.3. The maximum absolute atomic E-state index is 12.2. The molecular formula is C18H21N3O3. The first-order chi connectivity index (χ1) is 11.7. The minimum Gasteiger partial charge on any atom is -0.482 e. The van der Waals surface area contributed by atoms with E-state index in [4.69, 9.17) is 4.74 Å². The molecule has 0 spiro atoms. The van der Waals surface area contributed by atoms with Gasteiger partial charge in [-0.05, 0) is 43.0 Å². The normalized spacial score (nSPS) is 20.7. The average molecular weight is 327 g/mol. The van der Waals surface area contributed by atoms with E-state index in [9.17, 15) is 9.90 Å². The Labute approximate surface area is 140 Å². The van der Waals surface area contributed by atoms with Gasteiger partial charge >= 0.3 is 0 Å². The van der Waals surface area contributed by atoms with Gasteiger partial charge in [0.25, 0.3) is 5.91 Å². The number of aromatic nitrogens is 2. The summed E-state index contributed by atoms with van der Waals surface area (Å²) in [6, 6.07) is 9.21. The number of pyridine rings is 2. The van der Waals surface area contributed by atoms with Gasteiger partial charge in [-0.1, -0.05) is 6.07 Å². The lowest BCUT2D eigenvalue weighted by molar-refractivity contribution is -0.125. The summed E-state index contributed by atoms with van der Waals surface area (Å²) >= 11 is 0. The third kappa shape index (κ3) is 4.52. The highest BCUT2D eigenvalue weighted by Crippen LogP contribution is 2.31. The van der Waals surface area contributed by atoms with Crippen LogP contribution in [0.4, 0.5) is 0 Å². The molecule has 3 rings (SSSR count). The largest absolute Gasteiger partial charge is 0.482 e. The lowest BCUT2D eigenvalue weighted by Gasteiger charge is -2.38. The van der Waals surface area contributed by atoms with Crippen molar-refractivity contribution in [3.05, 3.63) is 54.6 Å². The highest BCUT2D eigenvalue weighted by Gasteiger charge is 2.35. The standard InChI is InChI=1S/C18H21N3O3/c22-15-8-13(9-15)17(10-14-4-1-2-7-20-14)21-18(23)12-24-16-5-3-6-19-11-16/h1-7,11,13,15,17,22H,8-10,12H2,(H,21,23)/t13?,15?,17-/m0/s1. The minimum absolute atomic E-state index is 0.0479. The first kappa shape index (κ1) is 16.4. The van der Waals surface area contributed by atoms with Crippen molar-refractivity contribution < 1.29 is 14.6 Å². The van der Waals surface area contributed by atoms with Gasteiger partial charge in [0.2, 0.25) is 0 Å². The van der Waals surface area contributed by atoms with Gasteiger partial charge in [-0.3, -0.25) is 14.8 Å². The molecule has 0 radical (unpaired) electrons. The SMILES string of the molecule is O=C(COc1cccnc1)N[C@@H](Cc1ccccn1)C1CC(O)C1. The van der Waals surface area contributed by atoms with Gasteiger partial charge < -0.3 is 15.2 Å². The van der Waals surface area contributed by atoms with E-state index < -0.39 is 0 Å². The molecule has 1 amide bonds. The van der Waals surface area contributed by atoms with Crippen LogP contribution in [0.2, 0.25) is 0 Å². The molecule has 2 aromatic heterocycles. The quantitative estimate of drug-likeness (QED) is 0.802. The van der Waals surface area contributed by atoms with Crippen molar-refractivity contribution in [3.8, 4) is 5.75 Å². The van der Waals surface area contributed by atoms with E-state index in [0.29, 0.717) is 25.0 Å². The number of carbonyl (C=O) groups is 1. The van der Waals surface area contributed by atoms with Crippen LogP contribution in [0.5, 0.6) is 5.75 Å². The Morgan fingerprint density at radius 2 is 2.17 bits per heavy atom. The lowest BCUT2D eigenvalue weighted by Crippen LogP contribution is -2.49. The molecule has 1 aliphatic rings. The molecule has 2 aromatic rings. The van der Waals surface area contributed by atoms with Gasteiger partial charge in [-0.25, -0.2) is 0 Å². The number of hydrogen-bond acceptors (Lipinski definition) is 5. The van der Waals surface area contributed by atoms with Crippen LogP contribution in [0, 0.1) is 5.92 Å². The van der Waals surface area contributed by atoms with E-state index in [1.807, 2.05) is 18.2 Å². The molecule has 1 atom stereocenters. The molecule has 0 aliphatic heterocycles. The Morgan fingerprint density at radius 1 is 1.29 bits per heavy atom. The summed E-state index contributed by atoms with van der Waals surface area (Å²) in [5, 5.41) is 12.6. The third-order valence-corrected chi connectivity index (χ3v) is 4.22. The predicted octanol–water partition coefficient (Wildman–Crippen LogP) is 1.35. The first-order valence-electron chi connectivity index (χ1n) is 8.11. The number of amides is 1. The summed E-state index contributed by atoms with van der Waals surface area (Å²) in [4.78, 5) is 20.5. The van der Waals surface area contributed by atoms with Gasteiger partial charge in [0.05, 0.1) is 12.3 Å². The van der Waals surface area contributed by atoms with Crippen molar-refractivity contribution in [2.24, 2.45) is 5.92 Å². The minimum atomic E-state index is -0.259. The number of hydrogen-bond donors (Lipinski definition) is 2. The van der Waals surface area contributed by atoms with Crippen molar-refractivity contribution in [3.63, 3.8) is 0 Å². The van der Waals surface area contributed by atoms with E-state index in [-0.39, 0.29) is 30.6 Å². The second kappa shape index (κ2) is 7.88. The molecule has 6 nitrogen and oxygen atoms in total.